The fraction of sp³-hybridized carbons (Fsp3) is 0.250. The molecule has 0 saturated carbocycles. The number of hydrogen-bond acceptors (Lipinski definition) is 4. The van der Waals surface area contributed by atoms with Crippen molar-refractivity contribution < 1.29 is 13.5 Å². The number of phenolic OH excluding ortho intramolecular Hbond substituents is 1. The van der Waals surface area contributed by atoms with Gasteiger partial charge in [0.05, 0.1) is 10.9 Å². The van der Waals surface area contributed by atoms with Crippen molar-refractivity contribution in [3.05, 3.63) is 53.6 Å². The number of aromatic hydroxyl groups is 1. The van der Waals surface area contributed by atoms with Crippen molar-refractivity contribution in [3.63, 3.8) is 0 Å². The molecule has 2 aromatic carbocycles. The predicted molar refractivity (Wildman–Crippen MR) is 84.4 cm³/mol. The Morgan fingerprint density at radius 2 is 1.81 bits per heavy atom. The summed E-state index contributed by atoms with van der Waals surface area (Å²) in [5, 5.41) is 13.1. The number of hydrogen-bond donors (Lipinski definition) is 2. The molecule has 0 aromatic heterocycles. The van der Waals surface area contributed by atoms with Crippen LogP contribution in [0.25, 0.3) is 0 Å². The summed E-state index contributed by atoms with van der Waals surface area (Å²) >= 11 is 0. The first-order valence-electron chi connectivity index (χ1n) is 6.64. The van der Waals surface area contributed by atoms with Crippen LogP contribution >= 0.6 is 0 Å². The molecule has 0 saturated heterocycles. The van der Waals surface area contributed by atoms with E-state index in [0.717, 1.165) is 16.8 Å². The lowest BCUT2D eigenvalue weighted by Gasteiger charge is -2.19. The minimum Gasteiger partial charge on any atom is -0.508 e. The molecule has 21 heavy (non-hydrogen) atoms. The van der Waals surface area contributed by atoms with E-state index >= 15 is 0 Å². The molecule has 2 rings (SSSR count). The Labute approximate surface area is 125 Å². The smallest absolute Gasteiger partial charge is 0.175 e. The highest BCUT2D eigenvalue weighted by Crippen LogP contribution is 2.29. The Kier molecular flexibility index (Phi) is 4.23. The second kappa shape index (κ2) is 5.77. The van der Waals surface area contributed by atoms with Gasteiger partial charge in [-0.1, -0.05) is 24.3 Å². The predicted octanol–water partition coefficient (Wildman–Crippen LogP) is 3.28. The standard InChI is InChI=1S/C16H19NO3S/c1-11-8-9-13(21(3,19)20)10-15(11)17-12(2)14-6-4-5-7-16(14)18/h4-10,12,17-18H,1-3H3. The maximum Gasteiger partial charge on any atom is 0.175 e. The molecule has 4 nitrogen and oxygen atoms in total. The summed E-state index contributed by atoms with van der Waals surface area (Å²) in [7, 11) is -3.24. The van der Waals surface area contributed by atoms with Crippen molar-refractivity contribution in [3.8, 4) is 5.75 Å². The van der Waals surface area contributed by atoms with E-state index in [2.05, 4.69) is 5.32 Å². The third kappa shape index (κ3) is 3.55. The zero-order valence-electron chi connectivity index (χ0n) is 12.3. The van der Waals surface area contributed by atoms with E-state index in [0.29, 0.717) is 0 Å². The zero-order chi connectivity index (χ0) is 15.6. The summed E-state index contributed by atoms with van der Waals surface area (Å²) in [6, 6.07) is 11.9. The molecule has 112 valence electrons. The van der Waals surface area contributed by atoms with Gasteiger partial charge in [-0.25, -0.2) is 8.42 Å². The van der Waals surface area contributed by atoms with E-state index in [9.17, 15) is 13.5 Å². The molecular formula is C16H19NO3S. The molecule has 0 radical (unpaired) electrons. The van der Waals surface area contributed by atoms with Crippen LogP contribution in [0.15, 0.2) is 47.4 Å². The molecule has 0 bridgehead atoms. The van der Waals surface area contributed by atoms with Crippen LogP contribution in [0.5, 0.6) is 5.75 Å². The molecule has 0 amide bonds. The van der Waals surface area contributed by atoms with Crippen LogP contribution in [0.1, 0.15) is 24.1 Å². The van der Waals surface area contributed by atoms with Crippen molar-refractivity contribution >= 4 is 15.5 Å². The van der Waals surface area contributed by atoms with Crippen LogP contribution < -0.4 is 5.32 Å². The number of nitrogens with one attached hydrogen (secondary N) is 1. The number of anilines is 1. The van der Waals surface area contributed by atoms with E-state index in [-0.39, 0.29) is 16.7 Å². The zero-order valence-corrected chi connectivity index (χ0v) is 13.1. The minimum absolute atomic E-state index is 0.139. The molecule has 0 aliphatic rings. The highest BCUT2D eigenvalue weighted by Gasteiger charge is 2.13. The molecule has 0 aliphatic heterocycles. The Morgan fingerprint density at radius 3 is 2.43 bits per heavy atom. The van der Waals surface area contributed by atoms with Crippen LogP contribution in [0.2, 0.25) is 0 Å². The second-order valence-corrected chi connectivity index (χ2v) is 7.19. The van der Waals surface area contributed by atoms with Gasteiger partial charge in [0.2, 0.25) is 0 Å². The Morgan fingerprint density at radius 1 is 1.14 bits per heavy atom. The molecule has 0 aliphatic carbocycles. The lowest BCUT2D eigenvalue weighted by molar-refractivity contribution is 0.465. The van der Waals surface area contributed by atoms with Crippen molar-refractivity contribution in [2.45, 2.75) is 24.8 Å². The molecule has 2 N–H and O–H groups in total. The lowest BCUT2D eigenvalue weighted by Crippen LogP contribution is -2.09. The van der Waals surface area contributed by atoms with Gasteiger partial charge in [0.25, 0.3) is 0 Å². The fourth-order valence-electron chi connectivity index (χ4n) is 2.15. The van der Waals surface area contributed by atoms with E-state index in [1.807, 2.05) is 26.0 Å². The summed E-state index contributed by atoms with van der Waals surface area (Å²) in [4.78, 5) is 0.278. The second-order valence-electron chi connectivity index (χ2n) is 5.17. The van der Waals surface area contributed by atoms with Gasteiger partial charge in [-0.15, -0.1) is 0 Å². The Bertz CT molecular complexity index is 754. The minimum atomic E-state index is -3.24. The van der Waals surface area contributed by atoms with Crippen LogP contribution in [-0.4, -0.2) is 19.8 Å². The monoisotopic (exact) mass is 305 g/mol. The number of rotatable bonds is 4. The van der Waals surface area contributed by atoms with E-state index in [1.54, 1.807) is 30.3 Å². The maximum absolute atomic E-state index is 11.6. The van der Waals surface area contributed by atoms with E-state index in [1.165, 1.54) is 6.26 Å². The van der Waals surface area contributed by atoms with Gasteiger partial charge in [0.1, 0.15) is 5.75 Å². The summed E-state index contributed by atoms with van der Waals surface area (Å²) in [5.41, 5.74) is 2.46. The SMILES string of the molecule is Cc1ccc(S(C)(=O)=O)cc1NC(C)c1ccccc1O. The average Bonchev–Trinajstić information content (AvgIpc) is 2.40. The number of phenols is 1. The van der Waals surface area contributed by atoms with Gasteiger partial charge >= 0.3 is 0 Å². The number of aryl methyl sites for hydroxylation is 1. The van der Waals surface area contributed by atoms with Crippen LogP contribution in [-0.2, 0) is 9.84 Å². The van der Waals surface area contributed by atoms with Gasteiger partial charge in [0.15, 0.2) is 9.84 Å². The third-order valence-corrected chi connectivity index (χ3v) is 4.52. The Hall–Kier alpha value is -2.01. The quantitative estimate of drug-likeness (QED) is 0.909. The van der Waals surface area contributed by atoms with Crippen LogP contribution in [0.3, 0.4) is 0 Å². The molecule has 0 fully saturated rings. The molecule has 0 heterocycles. The first-order chi connectivity index (χ1) is 9.79. The first-order valence-corrected chi connectivity index (χ1v) is 8.53. The maximum atomic E-state index is 11.6. The molecule has 1 atom stereocenters. The Balaban J connectivity index is 2.33. The summed E-state index contributed by atoms with van der Waals surface area (Å²) in [6.07, 6.45) is 1.19. The number of para-hydroxylation sites is 1. The number of sulfone groups is 1. The van der Waals surface area contributed by atoms with Gasteiger partial charge in [0, 0.05) is 17.5 Å². The molecular weight excluding hydrogens is 286 g/mol. The van der Waals surface area contributed by atoms with Crippen LogP contribution in [0, 0.1) is 6.92 Å². The third-order valence-electron chi connectivity index (χ3n) is 3.41. The molecule has 2 aromatic rings. The summed E-state index contributed by atoms with van der Waals surface area (Å²) < 4.78 is 23.3. The van der Waals surface area contributed by atoms with Gasteiger partial charge in [-0.2, -0.15) is 0 Å². The van der Waals surface area contributed by atoms with Crippen molar-refractivity contribution in [2.24, 2.45) is 0 Å². The summed E-state index contributed by atoms with van der Waals surface area (Å²) in [6.45, 7) is 3.83. The van der Waals surface area contributed by atoms with Gasteiger partial charge in [-0.3, -0.25) is 0 Å². The summed E-state index contributed by atoms with van der Waals surface area (Å²) in [5.74, 6) is 0.217. The van der Waals surface area contributed by atoms with Crippen molar-refractivity contribution in [1.82, 2.24) is 0 Å². The largest absolute Gasteiger partial charge is 0.508 e. The highest BCUT2D eigenvalue weighted by molar-refractivity contribution is 7.90. The fourth-order valence-corrected chi connectivity index (χ4v) is 2.80. The highest BCUT2D eigenvalue weighted by atomic mass is 32.2. The lowest BCUT2D eigenvalue weighted by atomic mass is 10.1. The number of benzene rings is 2. The van der Waals surface area contributed by atoms with Crippen molar-refractivity contribution in [1.29, 1.82) is 0 Å². The van der Waals surface area contributed by atoms with Gasteiger partial charge < -0.3 is 10.4 Å². The van der Waals surface area contributed by atoms with Gasteiger partial charge in [-0.05, 0) is 37.6 Å². The van der Waals surface area contributed by atoms with Crippen LogP contribution in [0.4, 0.5) is 5.69 Å². The molecule has 5 heteroatoms. The average molecular weight is 305 g/mol. The first kappa shape index (κ1) is 15.4. The normalized spacial score (nSPS) is 12.9. The van der Waals surface area contributed by atoms with E-state index in [4.69, 9.17) is 0 Å². The topological polar surface area (TPSA) is 66.4 Å². The molecule has 1 unspecified atom stereocenters. The van der Waals surface area contributed by atoms with Crippen molar-refractivity contribution in [2.75, 3.05) is 11.6 Å². The molecule has 0 spiro atoms. The van der Waals surface area contributed by atoms with E-state index < -0.39 is 9.84 Å².